The molecule has 3 aromatic rings. The molecule has 0 aliphatic carbocycles. The lowest BCUT2D eigenvalue weighted by Gasteiger charge is -2.54. The maximum atomic E-state index is 14.1. The minimum Gasteiger partial charge on any atom is -0.356 e. The van der Waals surface area contributed by atoms with Crippen molar-refractivity contribution in [3.8, 4) is 12.3 Å². The zero-order chi connectivity index (χ0) is 22.3. The molecule has 0 unspecified atom stereocenters. The third kappa shape index (κ3) is 3.35. The fraction of sp³-hybridized carbons (Fsp3) is 0.462. The van der Waals surface area contributed by atoms with Gasteiger partial charge in [-0.3, -0.25) is 4.79 Å². The first-order chi connectivity index (χ1) is 15.6. The quantitative estimate of drug-likeness (QED) is 0.587. The van der Waals surface area contributed by atoms with Crippen LogP contribution in [0.4, 0.5) is 0 Å². The first-order valence-electron chi connectivity index (χ1n) is 11.6. The number of carbonyl (C=O) groups excluding carboxylic acids is 1. The van der Waals surface area contributed by atoms with Crippen molar-refractivity contribution in [3.05, 3.63) is 51.6 Å². The summed E-state index contributed by atoms with van der Waals surface area (Å²) >= 11 is 1.38. The number of H-pyrrole nitrogens is 1. The summed E-state index contributed by atoms with van der Waals surface area (Å²) in [5, 5.41) is 3.70. The minimum absolute atomic E-state index is 0.0257. The molecule has 5 nitrogen and oxygen atoms in total. The lowest BCUT2D eigenvalue weighted by atomic mass is 9.74. The van der Waals surface area contributed by atoms with E-state index in [0.717, 1.165) is 51.6 Å². The van der Waals surface area contributed by atoms with Crippen LogP contribution in [0.1, 0.15) is 65.8 Å². The van der Waals surface area contributed by atoms with E-state index in [4.69, 9.17) is 6.42 Å². The van der Waals surface area contributed by atoms with Crippen molar-refractivity contribution in [1.29, 1.82) is 0 Å². The van der Waals surface area contributed by atoms with Crippen LogP contribution in [0, 0.1) is 12.3 Å². The third-order valence-corrected chi connectivity index (χ3v) is 8.09. The smallest absolute Gasteiger partial charge is 0.274 e. The molecular formula is C26H30N4OS. The van der Waals surface area contributed by atoms with Crippen LogP contribution in [0.3, 0.4) is 0 Å². The van der Waals surface area contributed by atoms with Crippen LogP contribution in [0.5, 0.6) is 0 Å². The summed E-state index contributed by atoms with van der Waals surface area (Å²) in [6.45, 7) is 4.15. The van der Waals surface area contributed by atoms with Crippen molar-refractivity contribution in [2.24, 2.45) is 0 Å². The van der Waals surface area contributed by atoms with Gasteiger partial charge in [0.15, 0.2) is 5.01 Å². The summed E-state index contributed by atoms with van der Waals surface area (Å²) in [5.41, 5.74) is 3.96. The number of piperidine rings is 1. The van der Waals surface area contributed by atoms with Crippen molar-refractivity contribution in [2.45, 2.75) is 57.0 Å². The van der Waals surface area contributed by atoms with E-state index in [0.29, 0.717) is 10.7 Å². The number of unbranched alkanes of at least 4 members (excludes halogenated alkanes) is 1. The topological polar surface area (TPSA) is 52.2 Å². The Bertz CT molecular complexity index is 1180. The van der Waals surface area contributed by atoms with Crippen molar-refractivity contribution in [3.63, 3.8) is 0 Å². The average Bonchev–Trinajstić information content (AvgIpc) is 3.44. The molecule has 1 amide bonds. The number of terminal acetylenes is 1. The first-order valence-corrected chi connectivity index (χ1v) is 12.5. The molecule has 2 aliphatic rings. The number of likely N-dealkylation sites (tertiary alicyclic amines) is 1. The third-order valence-electron chi connectivity index (χ3n) is 7.32. The molecule has 0 bridgehead atoms. The summed E-state index contributed by atoms with van der Waals surface area (Å²) in [6.07, 6.45) is 11.5. The molecule has 1 N–H and O–H groups in total. The number of aromatic amines is 1. The van der Waals surface area contributed by atoms with Crippen LogP contribution in [0.15, 0.2) is 29.6 Å². The van der Waals surface area contributed by atoms with Crippen molar-refractivity contribution < 1.29 is 4.79 Å². The zero-order valence-electron chi connectivity index (χ0n) is 18.9. The minimum atomic E-state index is -0.339. The molecule has 0 radical (unpaired) electrons. The normalized spacial score (nSPS) is 20.4. The van der Waals surface area contributed by atoms with Gasteiger partial charge in [0.05, 0.1) is 5.54 Å². The number of carbonyl (C=O) groups is 1. The Morgan fingerprint density at radius 2 is 2.12 bits per heavy atom. The molecule has 1 spiro atoms. The van der Waals surface area contributed by atoms with Gasteiger partial charge in [-0.15, -0.1) is 17.8 Å². The fourth-order valence-corrected chi connectivity index (χ4v) is 6.27. The van der Waals surface area contributed by atoms with Crippen LogP contribution >= 0.6 is 11.3 Å². The molecule has 1 atom stereocenters. The summed E-state index contributed by atoms with van der Waals surface area (Å²) in [5.74, 6) is 2.61. The second kappa shape index (κ2) is 8.38. The highest BCUT2D eigenvalue weighted by Gasteiger charge is 2.51. The maximum Gasteiger partial charge on any atom is 0.274 e. The maximum absolute atomic E-state index is 14.1. The Labute approximate surface area is 193 Å². The van der Waals surface area contributed by atoms with Gasteiger partial charge in [0.2, 0.25) is 0 Å². The Morgan fingerprint density at radius 3 is 2.84 bits per heavy atom. The van der Waals surface area contributed by atoms with Gasteiger partial charge in [0, 0.05) is 41.1 Å². The number of para-hydroxylation sites is 1. The first kappa shape index (κ1) is 21.2. The molecule has 32 heavy (non-hydrogen) atoms. The van der Waals surface area contributed by atoms with E-state index >= 15 is 0 Å². The predicted molar refractivity (Wildman–Crippen MR) is 130 cm³/mol. The number of hydrogen-bond acceptors (Lipinski definition) is 4. The number of nitrogens with one attached hydrogen (secondary N) is 1. The second-order valence-electron chi connectivity index (χ2n) is 9.22. The highest BCUT2D eigenvalue weighted by atomic mass is 32.1. The van der Waals surface area contributed by atoms with E-state index < -0.39 is 0 Å². The molecule has 1 saturated heterocycles. The van der Waals surface area contributed by atoms with Gasteiger partial charge in [0.25, 0.3) is 5.91 Å². The van der Waals surface area contributed by atoms with Gasteiger partial charge in [0.1, 0.15) is 5.69 Å². The molecule has 166 valence electrons. The van der Waals surface area contributed by atoms with Crippen molar-refractivity contribution >= 4 is 28.1 Å². The molecule has 6 heteroatoms. The van der Waals surface area contributed by atoms with E-state index in [2.05, 4.69) is 63.9 Å². The number of aromatic nitrogens is 2. The second-order valence-corrected chi connectivity index (χ2v) is 10.1. The van der Waals surface area contributed by atoms with Crippen LogP contribution in [-0.4, -0.2) is 51.9 Å². The number of rotatable bonds is 4. The van der Waals surface area contributed by atoms with E-state index in [1.54, 1.807) is 0 Å². The lowest BCUT2D eigenvalue weighted by Crippen LogP contribution is -2.61. The van der Waals surface area contributed by atoms with Crippen LogP contribution < -0.4 is 0 Å². The standard InChI is InChI=1S/C26H30N4OS/c1-4-6-9-18-16-20-19-10-7-8-11-21(19)28-24(20)26(12-14-29(3)15-13-26)30(18)25(31)22-17-32-23(5-2)27-22/h2,7-8,10-11,17-18,28H,4,6,9,12-16H2,1,3H3/t18-/m0/s1. The van der Waals surface area contributed by atoms with Gasteiger partial charge in [-0.1, -0.05) is 38.0 Å². The zero-order valence-corrected chi connectivity index (χ0v) is 19.7. The van der Waals surface area contributed by atoms with Gasteiger partial charge in [-0.25, -0.2) is 4.98 Å². The van der Waals surface area contributed by atoms with Crippen LogP contribution in [0.2, 0.25) is 0 Å². The highest BCUT2D eigenvalue weighted by Crippen LogP contribution is 2.48. The Kier molecular flexibility index (Phi) is 5.56. The van der Waals surface area contributed by atoms with Gasteiger partial charge < -0.3 is 14.8 Å². The van der Waals surface area contributed by atoms with Gasteiger partial charge >= 0.3 is 0 Å². The number of hydrogen-bond donors (Lipinski definition) is 1. The monoisotopic (exact) mass is 446 g/mol. The molecule has 1 aromatic carbocycles. The predicted octanol–water partition coefficient (Wildman–Crippen LogP) is 4.78. The molecule has 4 heterocycles. The lowest BCUT2D eigenvalue weighted by molar-refractivity contribution is -0.0122. The summed E-state index contributed by atoms with van der Waals surface area (Å²) in [4.78, 5) is 26.9. The van der Waals surface area contributed by atoms with Gasteiger partial charge in [-0.05, 0) is 50.3 Å². The largest absolute Gasteiger partial charge is 0.356 e. The molecule has 0 saturated carbocycles. The molecule has 2 aliphatic heterocycles. The number of benzene rings is 1. The van der Waals surface area contributed by atoms with E-state index in [1.807, 2.05) is 5.38 Å². The van der Waals surface area contributed by atoms with Crippen LogP contribution in [0.25, 0.3) is 10.9 Å². The number of nitrogens with zero attached hydrogens (tertiary/aromatic N) is 3. The number of thiazole rings is 1. The van der Waals surface area contributed by atoms with Crippen molar-refractivity contribution in [2.75, 3.05) is 20.1 Å². The molecular weight excluding hydrogens is 416 g/mol. The average molecular weight is 447 g/mol. The SMILES string of the molecule is C#Cc1nc(C(=O)N2[C@@H](CCCC)Cc3c([nH]c4ccccc34)C23CCN(C)CC3)cs1. The Morgan fingerprint density at radius 1 is 1.34 bits per heavy atom. The van der Waals surface area contributed by atoms with Gasteiger partial charge in [-0.2, -0.15) is 0 Å². The van der Waals surface area contributed by atoms with Crippen molar-refractivity contribution in [1.82, 2.24) is 19.8 Å². The van der Waals surface area contributed by atoms with E-state index in [1.165, 1.54) is 33.5 Å². The highest BCUT2D eigenvalue weighted by molar-refractivity contribution is 7.10. The molecule has 2 aromatic heterocycles. The van der Waals surface area contributed by atoms with Crippen LogP contribution in [-0.2, 0) is 12.0 Å². The summed E-state index contributed by atoms with van der Waals surface area (Å²) in [6, 6.07) is 8.74. The Hall–Kier alpha value is -2.62. The molecule has 1 fully saturated rings. The van der Waals surface area contributed by atoms with E-state index in [9.17, 15) is 4.79 Å². The summed E-state index contributed by atoms with van der Waals surface area (Å²) in [7, 11) is 2.17. The number of amides is 1. The molecule has 5 rings (SSSR count). The summed E-state index contributed by atoms with van der Waals surface area (Å²) < 4.78 is 0. The fourth-order valence-electron chi connectivity index (χ4n) is 5.68. The number of fused-ring (bicyclic) bond motifs is 4. The Balaban J connectivity index is 1.68. The van der Waals surface area contributed by atoms with E-state index in [-0.39, 0.29) is 17.5 Å².